The lowest BCUT2D eigenvalue weighted by atomic mass is 10.1. The van der Waals surface area contributed by atoms with Gasteiger partial charge in [-0.15, -0.1) is 0 Å². The van der Waals surface area contributed by atoms with E-state index in [-0.39, 0.29) is 18.6 Å². The van der Waals surface area contributed by atoms with Crippen LogP contribution in [0.15, 0.2) is 24.3 Å². The van der Waals surface area contributed by atoms with Crippen LogP contribution < -0.4 is 27.4 Å². The Labute approximate surface area is 191 Å². The number of carboxylic acid groups (broad SMARTS) is 1. The number of aliphatic hydroxyl groups is 1. The van der Waals surface area contributed by atoms with E-state index in [1.54, 1.807) is 0 Å². The smallest absolute Gasteiger partial charge is 0.326 e. The largest absolute Gasteiger partial charge is 0.508 e. The van der Waals surface area contributed by atoms with Gasteiger partial charge in [0.05, 0.1) is 12.6 Å². The molecule has 184 valence electrons. The zero-order valence-corrected chi connectivity index (χ0v) is 18.5. The summed E-state index contributed by atoms with van der Waals surface area (Å²) in [5.74, 6) is -3.34. The number of carbonyl (C=O) groups excluding carboxylic acids is 3. The molecule has 1 rings (SSSR count). The number of amides is 3. The van der Waals surface area contributed by atoms with E-state index >= 15 is 0 Å². The van der Waals surface area contributed by atoms with Crippen LogP contribution in [0, 0.1) is 0 Å². The van der Waals surface area contributed by atoms with Gasteiger partial charge in [-0.05, 0) is 50.4 Å². The molecule has 0 aromatic heterocycles. The minimum absolute atomic E-state index is 0.0235. The molecule has 1 aromatic carbocycles. The second-order valence-electron chi connectivity index (χ2n) is 7.66. The number of aliphatic hydroxyl groups excluding tert-OH is 1. The average molecular weight is 468 g/mol. The molecular weight excluding hydrogens is 434 g/mol. The van der Waals surface area contributed by atoms with Crippen LogP contribution in [0.5, 0.6) is 5.75 Å². The first-order chi connectivity index (χ1) is 15.5. The van der Waals surface area contributed by atoms with Gasteiger partial charge in [0.1, 0.15) is 23.9 Å². The normalized spacial score (nSPS) is 14.4. The monoisotopic (exact) mass is 467 g/mol. The van der Waals surface area contributed by atoms with Crippen molar-refractivity contribution in [2.75, 3.05) is 13.1 Å². The van der Waals surface area contributed by atoms with E-state index in [9.17, 15) is 34.5 Å². The molecule has 0 aliphatic heterocycles. The summed E-state index contributed by atoms with van der Waals surface area (Å²) in [6.07, 6.45) is 0.232. The van der Waals surface area contributed by atoms with Crippen LogP contribution in [0.25, 0.3) is 0 Å². The van der Waals surface area contributed by atoms with Gasteiger partial charge < -0.3 is 42.7 Å². The molecule has 33 heavy (non-hydrogen) atoms. The molecule has 3 amide bonds. The van der Waals surface area contributed by atoms with Crippen molar-refractivity contribution >= 4 is 23.7 Å². The molecular formula is C21H33N5O7. The second-order valence-corrected chi connectivity index (χ2v) is 7.66. The SMILES string of the molecule is CC(O)C(N)C(=O)NC(CCCCN)C(=O)NCC(=O)NC(Cc1ccc(O)cc1)C(=O)O. The highest BCUT2D eigenvalue weighted by molar-refractivity contribution is 5.92. The number of carbonyl (C=O) groups is 4. The van der Waals surface area contributed by atoms with Gasteiger partial charge in [-0.1, -0.05) is 12.1 Å². The Kier molecular flexibility index (Phi) is 11.8. The molecule has 0 fully saturated rings. The molecule has 0 aliphatic carbocycles. The number of aromatic hydroxyl groups is 1. The highest BCUT2D eigenvalue weighted by Gasteiger charge is 2.26. The summed E-state index contributed by atoms with van der Waals surface area (Å²) in [5.41, 5.74) is 11.6. The number of unbranched alkanes of at least 4 members (excludes halogenated alkanes) is 1. The van der Waals surface area contributed by atoms with Crippen LogP contribution >= 0.6 is 0 Å². The Hall–Kier alpha value is -3.22. The Bertz CT molecular complexity index is 801. The predicted molar refractivity (Wildman–Crippen MR) is 119 cm³/mol. The van der Waals surface area contributed by atoms with Gasteiger partial charge in [0, 0.05) is 6.42 Å². The van der Waals surface area contributed by atoms with Crippen molar-refractivity contribution in [3.63, 3.8) is 0 Å². The van der Waals surface area contributed by atoms with E-state index in [0.29, 0.717) is 24.9 Å². The molecule has 0 heterocycles. The molecule has 12 nitrogen and oxygen atoms in total. The number of phenols is 1. The van der Waals surface area contributed by atoms with Gasteiger partial charge in [-0.3, -0.25) is 14.4 Å². The van der Waals surface area contributed by atoms with Crippen molar-refractivity contribution in [1.82, 2.24) is 16.0 Å². The third-order valence-electron chi connectivity index (χ3n) is 4.84. The first kappa shape index (κ1) is 27.8. The van der Waals surface area contributed by atoms with Crippen LogP contribution in [0.4, 0.5) is 0 Å². The quantitative estimate of drug-likeness (QED) is 0.141. The van der Waals surface area contributed by atoms with Gasteiger partial charge in [0.25, 0.3) is 0 Å². The summed E-state index contributed by atoms with van der Waals surface area (Å²) in [6.45, 7) is 1.23. The minimum atomic E-state index is -1.26. The van der Waals surface area contributed by atoms with Crippen molar-refractivity contribution in [3.05, 3.63) is 29.8 Å². The molecule has 0 spiro atoms. The molecule has 0 saturated heterocycles. The lowest BCUT2D eigenvalue weighted by Gasteiger charge is -2.22. The number of nitrogens with one attached hydrogen (secondary N) is 3. The molecule has 10 N–H and O–H groups in total. The van der Waals surface area contributed by atoms with Crippen molar-refractivity contribution in [2.45, 2.75) is 56.8 Å². The highest BCUT2D eigenvalue weighted by Crippen LogP contribution is 2.11. The van der Waals surface area contributed by atoms with Gasteiger partial charge in [-0.2, -0.15) is 0 Å². The first-order valence-corrected chi connectivity index (χ1v) is 10.6. The maximum atomic E-state index is 12.5. The topological polar surface area (TPSA) is 217 Å². The van der Waals surface area contributed by atoms with Crippen molar-refractivity contribution in [3.8, 4) is 5.75 Å². The summed E-state index contributed by atoms with van der Waals surface area (Å²) in [7, 11) is 0. The number of phenolic OH excluding ortho intramolecular Hbond substituents is 1. The number of aliphatic carboxylic acids is 1. The number of hydrogen-bond acceptors (Lipinski definition) is 8. The third kappa shape index (κ3) is 10.3. The summed E-state index contributed by atoms with van der Waals surface area (Å²) in [6, 6.07) is 2.39. The standard InChI is InChI=1S/C21H33N5O7/c1-12(27)18(23)20(31)26-15(4-2-3-9-22)19(30)24-11-17(29)25-16(21(32)33)10-13-5-7-14(28)8-6-13/h5-8,12,15-16,18,27-28H,2-4,9-11,22-23H2,1H3,(H,24,30)(H,25,29)(H,26,31)(H,32,33). The average Bonchev–Trinajstić information content (AvgIpc) is 2.77. The van der Waals surface area contributed by atoms with Crippen LogP contribution in [0.2, 0.25) is 0 Å². The Morgan fingerprint density at radius 1 is 1.00 bits per heavy atom. The molecule has 12 heteroatoms. The Morgan fingerprint density at radius 2 is 1.64 bits per heavy atom. The van der Waals surface area contributed by atoms with Gasteiger partial charge in [-0.25, -0.2) is 4.79 Å². The van der Waals surface area contributed by atoms with Crippen LogP contribution in [-0.4, -0.2) is 76.3 Å². The summed E-state index contributed by atoms with van der Waals surface area (Å²) in [5, 5.41) is 35.3. The fourth-order valence-electron chi connectivity index (χ4n) is 2.85. The number of rotatable bonds is 14. The number of hydrogen-bond donors (Lipinski definition) is 8. The summed E-state index contributed by atoms with van der Waals surface area (Å²) in [4.78, 5) is 48.4. The van der Waals surface area contributed by atoms with Gasteiger partial charge >= 0.3 is 5.97 Å². The van der Waals surface area contributed by atoms with Crippen LogP contribution in [0.3, 0.4) is 0 Å². The fraction of sp³-hybridized carbons (Fsp3) is 0.524. The number of benzene rings is 1. The van der Waals surface area contributed by atoms with Crippen LogP contribution in [0.1, 0.15) is 31.7 Å². The second kappa shape index (κ2) is 14.0. The van der Waals surface area contributed by atoms with E-state index in [1.807, 2.05) is 0 Å². The maximum absolute atomic E-state index is 12.5. The number of nitrogens with two attached hydrogens (primary N) is 2. The lowest BCUT2D eigenvalue weighted by molar-refractivity contribution is -0.141. The molecule has 0 bridgehead atoms. The predicted octanol–water partition coefficient (Wildman–Crippen LogP) is -2.06. The number of carboxylic acids is 1. The maximum Gasteiger partial charge on any atom is 0.326 e. The summed E-state index contributed by atoms with van der Waals surface area (Å²) >= 11 is 0. The van der Waals surface area contributed by atoms with Crippen molar-refractivity contribution in [2.24, 2.45) is 11.5 Å². The van der Waals surface area contributed by atoms with Gasteiger partial charge in [0.2, 0.25) is 17.7 Å². The van der Waals surface area contributed by atoms with Crippen molar-refractivity contribution in [1.29, 1.82) is 0 Å². The zero-order valence-electron chi connectivity index (χ0n) is 18.5. The van der Waals surface area contributed by atoms with Gasteiger partial charge in [0.15, 0.2) is 0 Å². The molecule has 0 radical (unpaired) electrons. The lowest BCUT2D eigenvalue weighted by Crippen LogP contribution is -2.55. The molecule has 0 aliphatic rings. The fourth-order valence-corrected chi connectivity index (χ4v) is 2.85. The molecule has 0 saturated carbocycles. The van der Waals surface area contributed by atoms with E-state index < -0.39 is 54.5 Å². The van der Waals surface area contributed by atoms with E-state index in [0.717, 1.165) is 0 Å². The minimum Gasteiger partial charge on any atom is -0.508 e. The molecule has 4 atom stereocenters. The van der Waals surface area contributed by atoms with E-state index in [2.05, 4.69) is 16.0 Å². The molecule has 1 aromatic rings. The zero-order chi connectivity index (χ0) is 25.0. The molecule has 4 unspecified atom stereocenters. The van der Waals surface area contributed by atoms with E-state index in [1.165, 1.54) is 31.2 Å². The third-order valence-corrected chi connectivity index (χ3v) is 4.84. The Morgan fingerprint density at radius 3 is 2.18 bits per heavy atom. The highest BCUT2D eigenvalue weighted by atomic mass is 16.4. The first-order valence-electron chi connectivity index (χ1n) is 10.6. The summed E-state index contributed by atoms with van der Waals surface area (Å²) < 4.78 is 0. The van der Waals surface area contributed by atoms with Crippen LogP contribution in [-0.2, 0) is 25.6 Å². The Balaban J connectivity index is 2.68. The van der Waals surface area contributed by atoms with E-state index in [4.69, 9.17) is 11.5 Å². The van der Waals surface area contributed by atoms with Crippen molar-refractivity contribution < 1.29 is 34.5 Å².